The van der Waals surface area contributed by atoms with E-state index in [1.807, 2.05) is 44.2 Å². The first-order valence-corrected chi connectivity index (χ1v) is 13.5. The van der Waals surface area contributed by atoms with Gasteiger partial charge in [-0.25, -0.2) is 4.39 Å². The Balaban J connectivity index is 1.53. The van der Waals surface area contributed by atoms with Crippen LogP contribution in [0.5, 0.6) is 0 Å². The maximum absolute atomic E-state index is 13.3. The molecule has 4 atom stereocenters. The number of carbonyl (C=O) groups is 2. The summed E-state index contributed by atoms with van der Waals surface area (Å²) in [5.41, 5.74) is 1.41. The van der Waals surface area contributed by atoms with Crippen LogP contribution in [0.2, 0.25) is 0 Å². The molecule has 198 valence electrons. The highest BCUT2D eigenvalue weighted by atomic mass is 19.1. The highest BCUT2D eigenvalue weighted by Gasteiger charge is 2.37. The molecule has 6 heteroatoms. The van der Waals surface area contributed by atoms with Crippen LogP contribution in [0, 0.1) is 23.1 Å². The third-order valence-corrected chi connectivity index (χ3v) is 8.08. The Labute approximate surface area is 221 Å². The molecular formula is C31H40FN3O2. The van der Waals surface area contributed by atoms with Crippen molar-refractivity contribution in [1.29, 1.82) is 5.26 Å². The lowest BCUT2D eigenvalue weighted by molar-refractivity contribution is -0.138. The zero-order valence-electron chi connectivity index (χ0n) is 22.5. The van der Waals surface area contributed by atoms with Crippen LogP contribution in [0.3, 0.4) is 0 Å². The Morgan fingerprint density at radius 3 is 2.38 bits per heavy atom. The first kappa shape index (κ1) is 28.4. The van der Waals surface area contributed by atoms with Crippen LogP contribution in [0.25, 0.3) is 0 Å². The van der Waals surface area contributed by atoms with Crippen molar-refractivity contribution in [2.75, 3.05) is 6.54 Å². The van der Waals surface area contributed by atoms with E-state index < -0.39 is 11.5 Å². The molecule has 2 aromatic rings. The van der Waals surface area contributed by atoms with E-state index in [-0.39, 0.29) is 35.5 Å². The monoisotopic (exact) mass is 505 g/mol. The molecule has 1 fully saturated rings. The van der Waals surface area contributed by atoms with E-state index in [9.17, 15) is 19.2 Å². The third-order valence-electron chi connectivity index (χ3n) is 8.08. The average molecular weight is 506 g/mol. The normalized spacial score (nSPS) is 18.6. The summed E-state index contributed by atoms with van der Waals surface area (Å²) in [6, 6.07) is 18.2. The lowest BCUT2D eigenvalue weighted by Gasteiger charge is -2.31. The van der Waals surface area contributed by atoms with Gasteiger partial charge in [0.25, 0.3) is 0 Å². The number of nitriles is 1. The smallest absolute Gasteiger partial charge is 0.243 e. The lowest BCUT2D eigenvalue weighted by Crippen LogP contribution is -2.49. The highest BCUT2D eigenvalue weighted by molar-refractivity contribution is 5.88. The van der Waals surface area contributed by atoms with Crippen molar-refractivity contribution in [2.45, 2.75) is 89.6 Å². The number of likely N-dealkylation sites (tertiary alicyclic amines) is 1. The van der Waals surface area contributed by atoms with Gasteiger partial charge in [0.15, 0.2) is 0 Å². The molecule has 1 N–H and O–H groups in total. The Kier molecular flexibility index (Phi) is 9.86. The number of rotatable bonds is 11. The quantitative estimate of drug-likeness (QED) is 0.375. The Hall–Kier alpha value is -3.20. The van der Waals surface area contributed by atoms with Gasteiger partial charge in [0, 0.05) is 24.9 Å². The number of nitrogens with one attached hydrogen (secondary N) is 1. The van der Waals surface area contributed by atoms with Gasteiger partial charge >= 0.3 is 0 Å². The third kappa shape index (κ3) is 6.77. The Bertz CT molecular complexity index is 1080. The van der Waals surface area contributed by atoms with Crippen LogP contribution in [0.15, 0.2) is 54.6 Å². The topological polar surface area (TPSA) is 73.2 Å². The second-order valence-corrected chi connectivity index (χ2v) is 10.7. The first-order chi connectivity index (χ1) is 17.7. The highest BCUT2D eigenvalue weighted by Crippen LogP contribution is 2.37. The fraction of sp³-hybridized carbons (Fsp3) is 0.516. The standard InChI is InChI=1S/C31H40FN3O2/c1-22(2)31(21-33,26-11-6-5-7-12-26)19-9-8-14-29(36)35-20-10-13-28(35)30(37)34-24(4)23(3)25-15-17-27(32)18-16-25/h5-7,11-12,15-18,22-24,28H,8-10,13-14,19-20H2,1-4H3,(H,34,37)/t23?,24?,28-,31+/m1/s1. The second-order valence-electron chi connectivity index (χ2n) is 10.7. The molecule has 2 aromatic carbocycles. The van der Waals surface area contributed by atoms with Gasteiger partial charge in [-0.15, -0.1) is 0 Å². The van der Waals surface area contributed by atoms with Crippen molar-refractivity contribution in [1.82, 2.24) is 10.2 Å². The van der Waals surface area contributed by atoms with Crippen molar-refractivity contribution in [3.8, 4) is 6.07 Å². The molecule has 1 aliphatic heterocycles. The van der Waals surface area contributed by atoms with E-state index in [0.29, 0.717) is 32.2 Å². The van der Waals surface area contributed by atoms with Gasteiger partial charge < -0.3 is 10.2 Å². The number of unbranched alkanes of at least 4 members (excludes halogenated alkanes) is 1. The first-order valence-electron chi connectivity index (χ1n) is 13.5. The number of hydrogen-bond acceptors (Lipinski definition) is 3. The Morgan fingerprint density at radius 2 is 1.76 bits per heavy atom. The van der Waals surface area contributed by atoms with Crippen molar-refractivity contribution < 1.29 is 14.0 Å². The van der Waals surface area contributed by atoms with Gasteiger partial charge in [0.1, 0.15) is 11.9 Å². The molecule has 1 aliphatic rings. The fourth-order valence-electron chi connectivity index (χ4n) is 5.41. The molecule has 5 nitrogen and oxygen atoms in total. The molecule has 3 rings (SSSR count). The zero-order chi connectivity index (χ0) is 27.0. The number of nitrogens with zero attached hydrogens (tertiary/aromatic N) is 2. The van der Waals surface area contributed by atoms with E-state index in [1.165, 1.54) is 12.1 Å². The molecule has 37 heavy (non-hydrogen) atoms. The minimum absolute atomic E-state index is 0.00343. The van der Waals surface area contributed by atoms with E-state index >= 15 is 0 Å². The molecule has 2 amide bonds. The van der Waals surface area contributed by atoms with Gasteiger partial charge in [0.2, 0.25) is 11.8 Å². The van der Waals surface area contributed by atoms with E-state index in [1.54, 1.807) is 17.0 Å². The van der Waals surface area contributed by atoms with Crippen LogP contribution in [-0.2, 0) is 15.0 Å². The molecule has 2 unspecified atom stereocenters. The average Bonchev–Trinajstić information content (AvgIpc) is 3.39. The number of halogens is 1. The summed E-state index contributed by atoms with van der Waals surface area (Å²) >= 11 is 0. The largest absolute Gasteiger partial charge is 0.351 e. The van der Waals surface area contributed by atoms with Crippen LogP contribution >= 0.6 is 0 Å². The van der Waals surface area contributed by atoms with Crippen LogP contribution < -0.4 is 5.32 Å². The van der Waals surface area contributed by atoms with Gasteiger partial charge in [-0.3, -0.25) is 9.59 Å². The Morgan fingerprint density at radius 1 is 1.08 bits per heavy atom. The predicted octanol–water partition coefficient (Wildman–Crippen LogP) is 6.10. The van der Waals surface area contributed by atoms with Crippen molar-refractivity contribution in [3.05, 3.63) is 71.5 Å². The van der Waals surface area contributed by atoms with Crippen LogP contribution in [-0.4, -0.2) is 35.3 Å². The minimum atomic E-state index is -0.572. The van der Waals surface area contributed by atoms with Gasteiger partial charge in [0.05, 0.1) is 11.5 Å². The summed E-state index contributed by atoms with van der Waals surface area (Å²) < 4.78 is 13.3. The lowest BCUT2D eigenvalue weighted by atomic mass is 9.69. The SMILES string of the molecule is CC(NC(=O)[C@H]1CCCN1C(=O)CCCC[C@@](C#N)(c1ccccc1)C(C)C)C(C)c1ccc(F)cc1. The summed E-state index contributed by atoms with van der Waals surface area (Å²) in [5.74, 6) is -0.235. The predicted molar refractivity (Wildman–Crippen MR) is 144 cm³/mol. The maximum Gasteiger partial charge on any atom is 0.243 e. The minimum Gasteiger partial charge on any atom is -0.351 e. The van der Waals surface area contributed by atoms with E-state index in [0.717, 1.165) is 24.0 Å². The number of hydrogen-bond donors (Lipinski definition) is 1. The van der Waals surface area contributed by atoms with Crippen LogP contribution in [0.4, 0.5) is 4.39 Å². The second kappa shape index (κ2) is 12.9. The van der Waals surface area contributed by atoms with Gasteiger partial charge in [-0.1, -0.05) is 69.7 Å². The number of carbonyl (C=O) groups excluding carboxylic acids is 2. The zero-order valence-corrected chi connectivity index (χ0v) is 22.5. The molecule has 0 aliphatic carbocycles. The van der Waals surface area contributed by atoms with Gasteiger partial charge in [-0.05, 0) is 61.8 Å². The maximum atomic E-state index is 13.3. The molecule has 0 radical (unpaired) electrons. The fourth-order valence-corrected chi connectivity index (χ4v) is 5.41. The van der Waals surface area contributed by atoms with Crippen molar-refractivity contribution in [2.24, 2.45) is 5.92 Å². The summed E-state index contributed by atoms with van der Waals surface area (Å²) in [7, 11) is 0. The van der Waals surface area contributed by atoms with Crippen molar-refractivity contribution >= 4 is 11.8 Å². The van der Waals surface area contributed by atoms with E-state index in [4.69, 9.17) is 0 Å². The molecule has 0 bridgehead atoms. The molecule has 0 aromatic heterocycles. The molecule has 1 saturated heterocycles. The van der Waals surface area contributed by atoms with Gasteiger partial charge in [-0.2, -0.15) is 5.26 Å². The van der Waals surface area contributed by atoms with Crippen molar-refractivity contribution in [3.63, 3.8) is 0 Å². The summed E-state index contributed by atoms with van der Waals surface area (Å²) in [6.45, 7) is 8.69. The van der Waals surface area contributed by atoms with Crippen LogP contribution in [0.1, 0.15) is 83.3 Å². The summed E-state index contributed by atoms with van der Waals surface area (Å²) in [5, 5.41) is 13.2. The molecule has 0 spiro atoms. The number of amides is 2. The molecule has 0 saturated carbocycles. The molecular weight excluding hydrogens is 465 g/mol. The molecule has 1 heterocycles. The van der Waals surface area contributed by atoms with E-state index in [2.05, 4.69) is 25.2 Å². The number of benzene rings is 2. The summed E-state index contributed by atoms with van der Waals surface area (Å²) in [6.07, 6.45) is 3.99. The summed E-state index contributed by atoms with van der Waals surface area (Å²) in [4.78, 5) is 27.9.